The van der Waals surface area contributed by atoms with E-state index >= 15 is 0 Å². The van der Waals surface area contributed by atoms with Gasteiger partial charge in [0, 0.05) is 17.0 Å². The quantitative estimate of drug-likeness (QED) is 0.699. The molecule has 2 heterocycles. The van der Waals surface area contributed by atoms with Crippen LogP contribution in [0.3, 0.4) is 0 Å². The Morgan fingerprint density at radius 3 is 2.61 bits per heavy atom. The van der Waals surface area contributed by atoms with Gasteiger partial charge in [0.25, 0.3) is 0 Å². The van der Waals surface area contributed by atoms with Gasteiger partial charge in [-0.1, -0.05) is 43.3 Å². The maximum absolute atomic E-state index is 13.5. The number of aliphatic hydroxyl groups is 1. The first kappa shape index (κ1) is 18.6. The van der Waals surface area contributed by atoms with E-state index in [9.17, 15) is 14.8 Å². The van der Waals surface area contributed by atoms with Crippen molar-refractivity contribution in [3.63, 3.8) is 0 Å². The van der Waals surface area contributed by atoms with Gasteiger partial charge in [0.15, 0.2) is 5.13 Å². The molecule has 1 saturated heterocycles. The first-order chi connectivity index (χ1) is 13.7. The average molecular weight is 393 g/mol. The zero-order valence-corrected chi connectivity index (χ0v) is 16.2. The van der Waals surface area contributed by atoms with Crippen LogP contribution < -0.4 is 4.90 Å². The van der Waals surface area contributed by atoms with E-state index < -0.39 is 0 Å². The highest BCUT2D eigenvalue weighted by Gasteiger charge is 2.50. The van der Waals surface area contributed by atoms with Gasteiger partial charge in [-0.15, -0.1) is 11.3 Å². The number of nitrogens with zero attached hydrogens (tertiary/aromatic N) is 3. The zero-order valence-electron chi connectivity index (χ0n) is 15.4. The Bertz CT molecular complexity index is 1010. The Kier molecular flexibility index (Phi) is 5.12. The van der Waals surface area contributed by atoms with Crippen molar-refractivity contribution >= 4 is 16.5 Å². The summed E-state index contributed by atoms with van der Waals surface area (Å²) in [6, 6.07) is 16.1. The number of aryl methyl sites for hydroxylation is 1. The molecule has 1 N–H and O–H groups in total. The zero-order chi connectivity index (χ0) is 19.7. The number of halogens is 1. The summed E-state index contributed by atoms with van der Waals surface area (Å²) in [6.45, 7) is 2.02. The summed E-state index contributed by atoms with van der Waals surface area (Å²) in [5, 5.41) is 20.5. The van der Waals surface area contributed by atoms with Crippen molar-refractivity contribution in [3.05, 3.63) is 71.0 Å². The summed E-state index contributed by atoms with van der Waals surface area (Å²) < 4.78 is 13.5. The van der Waals surface area contributed by atoms with Crippen molar-refractivity contribution in [1.82, 2.24) is 4.98 Å². The summed E-state index contributed by atoms with van der Waals surface area (Å²) in [6.07, 6.45) is 2.74. The molecule has 28 heavy (non-hydrogen) atoms. The Morgan fingerprint density at radius 1 is 1.21 bits per heavy atom. The van der Waals surface area contributed by atoms with E-state index in [4.69, 9.17) is 0 Å². The topological polar surface area (TPSA) is 60.2 Å². The molecule has 0 unspecified atom stereocenters. The largest absolute Gasteiger partial charge is 0.394 e. The molecule has 1 aliphatic heterocycles. The third kappa shape index (κ3) is 3.17. The average Bonchev–Trinajstić information content (AvgIpc) is 3.17. The monoisotopic (exact) mass is 393 g/mol. The SMILES string of the molecule is CCc1cnc(N2[C@H](C#N)[C@H](c3ccc(-c4cccc(F)c4)cc3)[C@H]2CO)s1. The number of aliphatic hydroxyl groups excluding tert-OH is 1. The predicted octanol–water partition coefficient (Wildman–Crippen LogP) is 4.37. The molecule has 1 aromatic heterocycles. The molecule has 1 fully saturated rings. The minimum atomic E-state index is -0.368. The molecule has 0 radical (unpaired) electrons. The van der Waals surface area contributed by atoms with Crippen LogP contribution in [0.4, 0.5) is 9.52 Å². The molecule has 0 spiro atoms. The van der Waals surface area contributed by atoms with E-state index in [2.05, 4.69) is 18.0 Å². The van der Waals surface area contributed by atoms with E-state index in [1.807, 2.05) is 41.4 Å². The molecule has 4 rings (SSSR count). The molecule has 1 aliphatic rings. The van der Waals surface area contributed by atoms with Crippen LogP contribution >= 0.6 is 11.3 Å². The highest BCUT2D eigenvalue weighted by Crippen LogP contribution is 2.44. The van der Waals surface area contributed by atoms with Gasteiger partial charge in [0.05, 0.1) is 18.7 Å². The standard InChI is InChI=1S/C22H20FN3OS/c1-2-18-12-25-22(28-18)26-19(11-24)21(20(26)13-27)15-8-6-14(7-9-15)16-4-3-5-17(23)10-16/h3-10,12,19-21,27H,2,13H2,1H3/t19-,20-,21+/m1/s1. The number of hydrogen-bond acceptors (Lipinski definition) is 5. The minimum absolute atomic E-state index is 0.0461. The highest BCUT2D eigenvalue weighted by atomic mass is 32.1. The first-order valence-corrected chi connectivity index (χ1v) is 10.1. The highest BCUT2D eigenvalue weighted by molar-refractivity contribution is 7.15. The van der Waals surface area contributed by atoms with Gasteiger partial charge in [-0.25, -0.2) is 9.37 Å². The molecule has 0 saturated carbocycles. The maximum Gasteiger partial charge on any atom is 0.186 e. The third-order valence-electron chi connectivity index (χ3n) is 5.30. The molecule has 3 aromatic rings. The number of aromatic nitrogens is 1. The van der Waals surface area contributed by atoms with Crippen molar-refractivity contribution in [2.45, 2.75) is 31.3 Å². The number of anilines is 1. The molecule has 3 atom stereocenters. The predicted molar refractivity (Wildman–Crippen MR) is 109 cm³/mol. The van der Waals surface area contributed by atoms with Crippen LogP contribution in [0.2, 0.25) is 0 Å². The molecular formula is C22H20FN3OS. The second-order valence-electron chi connectivity index (χ2n) is 6.85. The van der Waals surface area contributed by atoms with Crippen molar-refractivity contribution in [1.29, 1.82) is 5.26 Å². The summed E-state index contributed by atoms with van der Waals surface area (Å²) in [4.78, 5) is 7.53. The van der Waals surface area contributed by atoms with Gasteiger partial charge in [-0.2, -0.15) is 5.26 Å². The smallest absolute Gasteiger partial charge is 0.186 e. The van der Waals surface area contributed by atoms with Crippen LogP contribution in [0.15, 0.2) is 54.7 Å². The molecule has 0 aliphatic carbocycles. The third-order valence-corrected chi connectivity index (χ3v) is 6.45. The molecule has 142 valence electrons. The van der Waals surface area contributed by atoms with Gasteiger partial charge in [0.1, 0.15) is 11.9 Å². The number of rotatable bonds is 5. The fourth-order valence-electron chi connectivity index (χ4n) is 3.82. The Balaban J connectivity index is 1.60. The van der Waals surface area contributed by atoms with Crippen molar-refractivity contribution in [3.8, 4) is 17.2 Å². The Morgan fingerprint density at radius 2 is 2.00 bits per heavy atom. The molecule has 0 bridgehead atoms. The second kappa shape index (κ2) is 7.70. The van der Waals surface area contributed by atoms with Crippen LogP contribution in [0.25, 0.3) is 11.1 Å². The van der Waals surface area contributed by atoms with E-state index in [1.54, 1.807) is 17.4 Å². The molecule has 0 amide bonds. The maximum atomic E-state index is 13.5. The summed E-state index contributed by atoms with van der Waals surface area (Å²) in [5.74, 6) is -0.360. The van der Waals surface area contributed by atoms with E-state index in [-0.39, 0.29) is 30.4 Å². The molecule has 4 nitrogen and oxygen atoms in total. The van der Waals surface area contributed by atoms with Crippen LogP contribution in [0.5, 0.6) is 0 Å². The number of hydrogen-bond donors (Lipinski definition) is 1. The molecule has 2 aromatic carbocycles. The lowest BCUT2D eigenvalue weighted by atomic mass is 9.76. The van der Waals surface area contributed by atoms with E-state index in [0.717, 1.165) is 33.1 Å². The summed E-state index contributed by atoms with van der Waals surface area (Å²) >= 11 is 1.57. The van der Waals surface area contributed by atoms with Crippen LogP contribution in [0.1, 0.15) is 23.3 Å². The number of benzene rings is 2. The van der Waals surface area contributed by atoms with Gasteiger partial charge < -0.3 is 10.0 Å². The van der Waals surface area contributed by atoms with Crippen LogP contribution in [-0.4, -0.2) is 28.8 Å². The Labute approximate surface area is 167 Å². The summed E-state index contributed by atoms with van der Waals surface area (Å²) in [7, 11) is 0. The normalized spacial score (nSPS) is 21.2. The lowest BCUT2D eigenvalue weighted by Gasteiger charge is -2.51. The van der Waals surface area contributed by atoms with Crippen molar-refractivity contribution in [2.24, 2.45) is 0 Å². The lowest BCUT2D eigenvalue weighted by molar-refractivity contribution is 0.187. The van der Waals surface area contributed by atoms with Crippen molar-refractivity contribution in [2.75, 3.05) is 11.5 Å². The van der Waals surface area contributed by atoms with Crippen molar-refractivity contribution < 1.29 is 9.50 Å². The van der Waals surface area contributed by atoms with Gasteiger partial charge in [-0.05, 0) is 35.2 Å². The number of nitriles is 1. The summed E-state index contributed by atoms with van der Waals surface area (Å²) in [5.41, 5.74) is 2.72. The Hall–Kier alpha value is -2.75. The van der Waals surface area contributed by atoms with Crippen LogP contribution in [-0.2, 0) is 6.42 Å². The first-order valence-electron chi connectivity index (χ1n) is 9.25. The fourth-order valence-corrected chi connectivity index (χ4v) is 4.76. The van der Waals surface area contributed by atoms with Gasteiger partial charge >= 0.3 is 0 Å². The second-order valence-corrected chi connectivity index (χ2v) is 7.95. The lowest BCUT2D eigenvalue weighted by Crippen LogP contribution is -2.63. The van der Waals surface area contributed by atoms with Crippen LogP contribution in [0, 0.1) is 17.1 Å². The van der Waals surface area contributed by atoms with E-state index in [0.29, 0.717) is 0 Å². The van der Waals surface area contributed by atoms with Gasteiger partial charge in [0.2, 0.25) is 0 Å². The molecular weight excluding hydrogens is 373 g/mol. The van der Waals surface area contributed by atoms with Gasteiger partial charge in [-0.3, -0.25) is 0 Å². The fraction of sp³-hybridized carbons (Fsp3) is 0.273. The number of thiazole rings is 1. The minimum Gasteiger partial charge on any atom is -0.394 e. The van der Waals surface area contributed by atoms with E-state index in [1.165, 1.54) is 12.1 Å². The molecule has 6 heteroatoms.